The van der Waals surface area contributed by atoms with Crippen LogP contribution < -0.4 is 9.64 Å². The van der Waals surface area contributed by atoms with Crippen LogP contribution in [0, 0.1) is 5.92 Å². The van der Waals surface area contributed by atoms with Crippen molar-refractivity contribution >= 4 is 24.3 Å². The molecule has 0 radical (unpaired) electrons. The summed E-state index contributed by atoms with van der Waals surface area (Å²) in [5.41, 5.74) is 0.318. The third-order valence-electron chi connectivity index (χ3n) is 5.83. The molecule has 2 heterocycles. The highest BCUT2D eigenvalue weighted by Crippen LogP contribution is 2.54. The zero-order chi connectivity index (χ0) is 22.3. The van der Waals surface area contributed by atoms with Gasteiger partial charge in [0, 0.05) is 18.5 Å². The molecule has 9 heteroatoms. The number of hydrogen-bond acceptors (Lipinski definition) is 8. The molecule has 2 atom stereocenters. The van der Waals surface area contributed by atoms with Gasteiger partial charge in [0.15, 0.2) is 0 Å². The van der Waals surface area contributed by atoms with Crippen molar-refractivity contribution in [1.82, 2.24) is 9.97 Å². The number of benzene rings is 1. The minimum absolute atomic E-state index is 0.204. The third-order valence-corrected chi connectivity index (χ3v) is 8.38. The van der Waals surface area contributed by atoms with Crippen molar-refractivity contribution in [2.24, 2.45) is 5.92 Å². The highest BCUT2D eigenvalue weighted by molar-refractivity contribution is 7.54. The topological polar surface area (TPSA) is 94.0 Å². The standard InChI is InChI=1S/C22H34N3O5P/c1-4-29-31(27,30-5-2)18(15-26)12-11-17-8-7-13-25(14-17)22-19-9-6-10-20(28-3)21(19)23-16-24-22/h6,9-10,16-18,26H,4-5,7-8,11-15H2,1-3H3. The molecule has 1 aromatic heterocycles. The number of ether oxygens (including phenoxy) is 1. The number of aliphatic hydroxyl groups is 1. The van der Waals surface area contributed by atoms with Gasteiger partial charge in [-0.1, -0.05) is 6.07 Å². The van der Waals surface area contributed by atoms with Gasteiger partial charge < -0.3 is 23.8 Å². The largest absolute Gasteiger partial charge is 0.494 e. The maximum absolute atomic E-state index is 13.1. The molecule has 3 rings (SSSR count). The van der Waals surface area contributed by atoms with E-state index in [-0.39, 0.29) is 6.61 Å². The van der Waals surface area contributed by atoms with Crippen molar-refractivity contribution in [3.8, 4) is 5.75 Å². The maximum Gasteiger partial charge on any atom is 0.336 e. The second kappa shape index (κ2) is 11.2. The van der Waals surface area contributed by atoms with Crippen molar-refractivity contribution in [1.29, 1.82) is 0 Å². The predicted octanol–water partition coefficient (Wildman–Crippen LogP) is 4.26. The van der Waals surface area contributed by atoms with Crippen LogP contribution in [0.3, 0.4) is 0 Å². The van der Waals surface area contributed by atoms with Crippen molar-refractivity contribution in [2.75, 3.05) is 44.9 Å². The van der Waals surface area contributed by atoms with Crippen LogP contribution in [0.2, 0.25) is 0 Å². The van der Waals surface area contributed by atoms with Crippen LogP contribution in [0.5, 0.6) is 5.75 Å². The highest BCUT2D eigenvalue weighted by atomic mass is 31.2. The number of hydrogen-bond donors (Lipinski definition) is 1. The normalized spacial score (nSPS) is 18.3. The smallest absolute Gasteiger partial charge is 0.336 e. The molecule has 0 spiro atoms. The van der Waals surface area contributed by atoms with Gasteiger partial charge in [0.2, 0.25) is 0 Å². The lowest BCUT2D eigenvalue weighted by Gasteiger charge is -2.35. The fourth-order valence-corrected chi connectivity index (χ4v) is 6.22. The summed E-state index contributed by atoms with van der Waals surface area (Å²) in [5.74, 6) is 2.07. The maximum atomic E-state index is 13.1. The van der Waals surface area contributed by atoms with Gasteiger partial charge in [0.25, 0.3) is 0 Å². The first kappa shape index (κ1) is 23.9. The van der Waals surface area contributed by atoms with E-state index >= 15 is 0 Å². The van der Waals surface area contributed by atoms with Gasteiger partial charge in [-0.15, -0.1) is 0 Å². The number of rotatable bonds is 11. The Morgan fingerprint density at radius 3 is 2.71 bits per heavy atom. The van der Waals surface area contributed by atoms with Crippen LogP contribution in [-0.2, 0) is 13.6 Å². The summed E-state index contributed by atoms with van der Waals surface area (Å²) in [6.07, 6.45) is 5.18. The number of para-hydroxylation sites is 1. The van der Waals surface area contributed by atoms with Gasteiger partial charge in [0.1, 0.15) is 23.4 Å². The molecule has 1 aliphatic heterocycles. The summed E-state index contributed by atoms with van der Waals surface area (Å²) in [5, 5.41) is 10.9. The average molecular weight is 452 g/mol. The SMILES string of the molecule is CCOP(=O)(OCC)C(CO)CCC1CCCN(c2ncnc3c(OC)cccc23)C1. The number of fused-ring (bicyclic) bond motifs is 1. The Bertz CT molecular complexity index is 887. The van der Waals surface area contributed by atoms with Crippen LogP contribution in [0.25, 0.3) is 10.9 Å². The van der Waals surface area contributed by atoms with Crippen molar-refractivity contribution in [3.05, 3.63) is 24.5 Å². The lowest BCUT2D eigenvalue weighted by molar-refractivity contribution is 0.188. The molecule has 0 saturated carbocycles. The van der Waals surface area contributed by atoms with E-state index in [1.807, 2.05) is 18.2 Å². The molecular weight excluding hydrogens is 417 g/mol. The molecule has 1 aliphatic rings. The van der Waals surface area contributed by atoms with Crippen LogP contribution in [0.4, 0.5) is 5.82 Å². The first-order valence-corrected chi connectivity index (χ1v) is 12.7. The third kappa shape index (κ3) is 5.55. The number of aromatic nitrogens is 2. The molecule has 0 amide bonds. The summed E-state index contributed by atoms with van der Waals surface area (Å²) in [6, 6.07) is 5.89. The summed E-state index contributed by atoms with van der Waals surface area (Å²) >= 11 is 0. The fraction of sp³-hybridized carbons (Fsp3) is 0.636. The van der Waals surface area contributed by atoms with Gasteiger partial charge in [-0.3, -0.25) is 4.57 Å². The lowest BCUT2D eigenvalue weighted by Crippen LogP contribution is -2.36. The molecular formula is C22H34N3O5P. The summed E-state index contributed by atoms with van der Waals surface area (Å²) < 4.78 is 29.4. The predicted molar refractivity (Wildman–Crippen MR) is 122 cm³/mol. The van der Waals surface area contributed by atoms with Crippen LogP contribution in [0.15, 0.2) is 24.5 Å². The Kier molecular flexibility index (Phi) is 8.67. The number of aliphatic hydroxyl groups excluding tert-OH is 1. The van der Waals surface area contributed by atoms with Crippen molar-refractivity contribution < 1.29 is 23.5 Å². The molecule has 1 fully saturated rings. The number of anilines is 1. The van der Waals surface area contributed by atoms with Gasteiger partial charge in [-0.2, -0.15) is 0 Å². The number of methoxy groups -OCH3 is 1. The minimum Gasteiger partial charge on any atom is -0.494 e. The number of nitrogens with zero attached hydrogens (tertiary/aromatic N) is 3. The van der Waals surface area contributed by atoms with E-state index in [1.54, 1.807) is 27.3 Å². The Morgan fingerprint density at radius 1 is 1.26 bits per heavy atom. The Morgan fingerprint density at radius 2 is 2.03 bits per heavy atom. The first-order valence-electron chi connectivity index (χ1n) is 11.1. The zero-order valence-electron chi connectivity index (χ0n) is 18.7. The van der Waals surface area contributed by atoms with Gasteiger partial charge in [-0.05, 0) is 57.6 Å². The quantitative estimate of drug-likeness (QED) is 0.507. The Hall–Kier alpha value is -1.73. The Balaban J connectivity index is 1.71. The van der Waals surface area contributed by atoms with E-state index in [1.165, 1.54) is 0 Å². The summed E-state index contributed by atoms with van der Waals surface area (Å²) in [6.45, 7) is 5.77. The van der Waals surface area contributed by atoms with Crippen LogP contribution >= 0.6 is 7.60 Å². The van der Waals surface area contributed by atoms with Crippen LogP contribution in [0.1, 0.15) is 39.5 Å². The van der Waals surface area contributed by atoms with Crippen LogP contribution in [-0.4, -0.2) is 60.8 Å². The van der Waals surface area contributed by atoms with E-state index in [9.17, 15) is 9.67 Å². The van der Waals surface area contributed by atoms with Crippen molar-refractivity contribution in [2.45, 2.75) is 45.2 Å². The summed E-state index contributed by atoms with van der Waals surface area (Å²) in [4.78, 5) is 11.3. The second-order valence-corrected chi connectivity index (χ2v) is 10.1. The summed E-state index contributed by atoms with van der Waals surface area (Å²) in [7, 11) is -1.66. The van der Waals surface area contributed by atoms with Gasteiger partial charge in [0.05, 0.1) is 32.6 Å². The molecule has 31 heavy (non-hydrogen) atoms. The second-order valence-electron chi connectivity index (χ2n) is 7.80. The molecule has 0 bridgehead atoms. The molecule has 2 aromatic rings. The molecule has 1 N–H and O–H groups in total. The lowest BCUT2D eigenvalue weighted by atomic mass is 9.92. The van der Waals surface area contributed by atoms with Crippen molar-refractivity contribution in [3.63, 3.8) is 0 Å². The zero-order valence-corrected chi connectivity index (χ0v) is 19.6. The fourth-order valence-electron chi connectivity index (χ4n) is 4.34. The molecule has 1 saturated heterocycles. The molecule has 8 nitrogen and oxygen atoms in total. The molecule has 1 aromatic carbocycles. The van der Waals surface area contributed by atoms with E-state index in [0.717, 1.165) is 54.8 Å². The van der Waals surface area contributed by atoms with E-state index in [0.29, 0.717) is 25.6 Å². The molecule has 172 valence electrons. The van der Waals surface area contributed by atoms with E-state index < -0.39 is 13.3 Å². The minimum atomic E-state index is -3.31. The number of piperidine rings is 1. The highest BCUT2D eigenvalue weighted by Gasteiger charge is 2.35. The average Bonchev–Trinajstić information content (AvgIpc) is 2.79. The molecule has 2 unspecified atom stereocenters. The van der Waals surface area contributed by atoms with Gasteiger partial charge in [-0.25, -0.2) is 9.97 Å². The first-order chi connectivity index (χ1) is 15.1. The van der Waals surface area contributed by atoms with Gasteiger partial charge >= 0.3 is 7.60 Å². The molecule has 0 aliphatic carbocycles. The van der Waals surface area contributed by atoms with E-state index in [4.69, 9.17) is 13.8 Å². The monoisotopic (exact) mass is 451 g/mol. The van der Waals surface area contributed by atoms with E-state index in [2.05, 4.69) is 14.9 Å². The Labute approximate surface area is 184 Å².